The van der Waals surface area contributed by atoms with Crippen molar-refractivity contribution in [3.05, 3.63) is 22.4 Å². The maximum absolute atomic E-state index is 12.4. The fourth-order valence-electron chi connectivity index (χ4n) is 4.02. The van der Waals surface area contributed by atoms with E-state index in [9.17, 15) is 9.90 Å². The van der Waals surface area contributed by atoms with Crippen molar-refractivity contribution in [1.29, 1.82) is 0 Å². The number of thiophene rings is 1. The Morgan fingerprint density at radius 3 is 2.74 bits per heavy atom. The number of aliphatic hydroxyl groups excluding tert-OH is 1. The first-order chi connectivity index (χ1) is 11.1. The van der Waals surface area contributed by atoms with Crippen LogP contribution in [0.2, 0.25) is 0 Å². The van der Waals surface area contributed by atoms with Gasteiger partial charge in [0.1, 0.15) is 0 Å². The largest absolute Gasteiger partial charge is 0.393 e. The van der Waals surface area contributed by atoms with Gasteiger partial charge in [0.05, 0.1) is 6.10 Å². The third-order valence-corrected chi connectivity index (χ3v) is 6.64. The van der Waals surface area contributed by atoms with Crippen molar-refractivity contribution in [2.75, 3.05) is 20.1 Å². The van der Waals surface area contributed by atoms with Crippen LogP contribution in [0.5, 0.6) is 0 Å². The average molecular weight is 337 g/mol. The third-order valence-electron chi connectivity index (χ3n) is 5.52. The van der Waals surface area contributed by atoms with Crippen LogP contribution in [0, 0.1) is 5.92 Å². The molecule has 4 nitrogen and oxygen atoms in total. The summed E-state index contributed by atoms with van der Waals surface area (Å²) in [5.74, 6) is 0.460. The minimum atomic E-state index is -0.152. The minimum Gasteiger partial charge on any atom is -0.393 e. The molecule has 5 heteroatoms. The first kappa shape index (κ1) is 16.8. The van der Waals surface area contributed by atoms with Gasteiger partial charge in [0.25, 0.3) is 0 Å². The second-order valence-corrected chi connectivity index (χ2v) is 8.30. The second kappa shape index (κ2) is 7.22. The number of hydrogen-bond acceptors (Lipinski definition) is 3. The van der Waals surface area contributed by atoms with E-state index in [0.29, 0.717) is 5.92 Å². The summed E-state index contributed by atoms with van der Waals surface area (Å²) >= 11 is 1.82. The van der Waals surface area contributed by atoms with Gasteiger partial charge in [-0.25, -0.2) is 4.79 Å². The molecule has 23 heavy (non-hydrogen) atoms. The van der Waals surface area contributed by atoms with Gasteiger partial charge in [0, 0.05) is 30.4 Å². The third kappa shape index (κ3) is 3.89. The summed E-state index contributed by atoms with van der Waals surface area (Å²) in [5.41, 5.74) is 0.135. The number of urea groups is 1. The second-order valence-electron chi connectivity index (χ2n) is 7.35. The van der Waals surface area contributed by atoms with E-state index in [1.165, 1.54) is 37.0 Å². The number of nitrogens with one attached hydrogen (secondary N) is 1. The van der Waals surface area contributed by atoms with E-state index in [1.54, 1.807) is 4.90 Å². The van der Waals surface area contributed by atoms with Gasteiger partial charge >= 0.3 is 6.03 Å². The molecule has 2 N–H and O–H groups in total. The maximum atomic E-state index is 12.4. The Morgan fingerprint density at radius 1 is 1.39 bits per heavy atom. The molecule has 2 aliphatic rings. The number of amides is 2. The molecule has 1 aromatic heterocycles. The van der Waals surface area contributed by atoms with Crippen molar-refractivity contribution in [1.82, 2.24) is 10.2 Å². The van der Waals surface area contributed by atoms with Gasteiger partial charge in [-0.3, -0.25) is 0 Å². The average Bonchev–Trinajstić information content (AvgIpc) is 3.07. The normalized spacial score (nSPS) is 26.3. The van der Waals surface area contributed by atoms with Gasteiger partial charge in [-0.05, 0) is 43.0 Å². The van der Waals surface area contributed by atoms with E-state index in [4.69, 9.17) is 0 Å². The molecule has 1 heterocycles. The molecular weight excluding hydrogens is 308 g/mol. The summed E-state index contributed by atoms with van der Waals surface area (Å²) in [4.78, 5) is 15.6. The Labute approximate surface area is 142 Å². The summed E-state index contributed by atoms with van der Waals surface area (Å²) in [6.45, 7) is 1.48. The molecule has 2 aliphatic carbocycles. The lowest BCUT2D eigenvalue weighted by atomic mass is 9.73. The Hall–Kier alpha value is -1.07. The van der Waals surface area contributed by atoms with Crippen molar-refractivity contribution in [3.8, 4) is 0 Å². The smallest absolute Gasteiger partial charge is 0.317 e. The van der Waals surface area contributed by atoms with Gasteiger partial charge in [0.2, 0.25) is 0 Å². The molecule has 0 spiro atoms. The topological polar surface area (TPSA) is 52.6 Å². The molecule has 0 saturated heterocycles. The quantitative estimate of drug-likeness (QED) is 0.866. The van der Waals surface area contributed by atoms with Crippen molar-refractivity contribution >= 4 is 17.4 Å². The minimum absolute atomic E-state index is 0.0212. The van der Waals surface area contributed by atoms with Gasteiger partial charge in [-0.1, -0.05) is 25.3 Å². The lowest BCUT2D eigenvalue weighted by Gasteiger charge is -2.38. The standard InChI is InChI=1S/C18H28N2O2S/c1-20(12-14-10-15(21)11-14)17(22)19-13-18(7-3-2-4-8-18)16-6-5-9-23-16/h5-6,9,14-15,21H,2-4,7-8,10-13H2,1H3,(H,19,22). The van der Waals surface area contributed by atoms with E-state index in [2.05, 4.69) is 22.8 Å². The summed E-state index contributed by atoms with van der Waals surface area (Å²) < 4.78 is 0. The van der Waals surface area contributed by atoms with E-state index in [-0.39, 0.29) is 17.6 Å². The summed E-state index contributed by atoms with van der Waals surface area (Å²) in [7, 11) is 1.86. The predicted octanol–water partition coefficient (Wildman–Crippen LogP) is 3.36. The molecular formula is C18H28N2O2S. The van der Waals surface area contributed by atoms with E-state index in [1.807, 2.05) is 18.4 Å². The van der Waals surface area contributed by atoms with Crippen LogP contribution >= 0.6 is 11.3 Å². The molecule has 0 aliphatic heterocycles. The van der Waals surface area contributed by atoms with E-state index < -0.39 is 0 Å². The maximum Gasteiger partial charge on any atom is 0.317 e. The van der Waals surface area contributed by atoms with Crippen LogP contribution in [0.1, 0.15) is 49.8 Å². The monoisotopic (exact) mass is 336 g/mol. The zero-order chi connectivity index (χ0) is 16.3. The highest BCUT2D eigenvalue weighted by atomic mass is 32.1. The lowest BCUT2D eigenvalue weighted by Crippen LogP contribution is -2.48. The van der Waals surface area contributed by atoms with Crippen LogP contribution in [0.25, 0.3) is 0 Å². The van der Waals surface area contributed by atoms with Crippen LogP contribution in [-0.2, 0) is 5.41 Å². The van der Waals surface area contributed by atoms with Gasteiger partial charge in [-0.15, -0.1) is 11.3 Å². The molecule has 2 saturated carbocycles. The molecule has 0 unspecified atom stereocenters. The number of aliphatic hydroxyl groups is 1. The highest BCUT2D eigenvalue weighted by Crippen LogP contribution is 2.41. The molecule has 0 bridgehead atoms. The molecule has 2 amide bonds. The molecule has 128 valence electrons. The Balaban J connectivity index is 1.55. The van der Waals surface area contributed by atoms with Crippen molar-refractivity contribution in [3.63, 3.8) is 0 Å². The number of carbonyl (C=O) groups excluding carboxylic acids is 1. The number of rotatable bonds is 5. The molecule has 0 atom stereocenters. The zero-order valence-corrected chi connectivity index (χ0v) is 14.8. The number of nitrogens with zero attached hydrogens (tertiary/aromatic N) is 1. The molecule has 1 aromatic rings. The van der Waals surface area contributed by atoms with E-state index >= 15 is 0 Å². The summed E-state index contributed by atoms with van der Waals surface area (Å²) in [6, 6.07) is 4.36. The molecule has 0 radical (unpaired) electrons. The van der Waals surface area contributed by atoms with Crippen LogP contribution in [0.15, 0.2) is 17.5 Å². The van der Waals surface area contributed by atoms with Crippen molar-refractivity contribution < 1.29 is 9.90 Å². The molecule has 2 fully saturated rings. The van der Waals surface area contributed by atoms with Gasteiger partial charge in [0.15, 0.2) is 0 Å². The highest BCUT2D eigenvalue weighted by Gasteiger charge is 2.35. The van der Waals surface area contributed by atoms with Crippen molar-refractivity contribution in [2.24, 2.45) is 5.92 Å². The Bertz CT molecular complexity index is 505. The van der Waals surface area contributed by atoms with Gasteiger partial charge in [-0.2, -0.15) is 0 Å². The van der Waals surface area contributed by atoms with Crippen LogP contribution in [0.3, 0.4) is 0 Å². The van der Waals surface area contributed by atoms with Crippen molar-refractivity contribution in [2.45, 2.75) is 56.5 Å². The molecule has 0 aromatic carbocycles. The highest BCUT2D eigenvalue weighted by molar-refractivity contribution is 7.10. The van der Waals surface area contributed by atoms with Crippen LogP contribution in [0.4, 0.5) is 4.79 Å². The Morgan fingerprint density at radius 2 is 2.13 bits per heavy atom. The number of hydrogen-bond donors (Lipinski definition) is 2. The Kier molecular flexibility index (Phi) is 5.27. The first-order valence-corrected chi connectivity index (χ1v) is 9.68. The summed E-state index contributed by atoms with van der Waals surface area (Å²) in [6.07, 6.45) is 7.67. The predicted molar refractivity (Wildman–Crippen MR) is 93.8 cm³/mol. The van der Waals surface area contributed by atoms with Crippen LogP contribution in [-0.4, -0.2) is 42.3 Å². The molecule has 3 rings (SSSR count). The van der Waals surface area contributed by atoms with E-state index in [0.717, 1.165) is 25.9 Å². The zero-order valence-electron chi connectivity index (χ0n) is 14.0. The summed E-state index contributed by atoms with van der Waals surface area (Å²) in [5, 5.41) is 14.7. The lowest BCUT2D eigenvalue weighted by molar-refractivity contribution is 0.0324. The fourth-order valence-corrected chi connectivity index (χ4v) is 5.01. The van der Waals surface area contributed by atoms with Crippen LogP contribution < -0.4 is 5.32 Å². The number of carbonyl (C=O) groups is 1. The fraction of sp³-hybridized carbons (Fsp3) is 0.722. The van der Waals surface area contributed by atoms with Gasteiger partial charge < -0.3 is 15.3 Å². The first-order valence-electron chi connectivity index (χ1n) is 8.80. The SMILES string of the molecule is CN(CC1CC(O)C1)C(=O)NCC1(c2cccs2)CCCCC1.